The summed E-state index contributed by atoms with van der Waals surface area (Å²) in [6.07, 6.45) is 4.41. The highest BCUT2D eigenvalue weighted by Gasteiger charge is 2.33. The summed E-state index contributed by atoms with van der Waals surface area (Å²) < 4.78 is 0. The SMILES string of the molecule is CN(C)C(=O)c1ccc(NC(=O)[C@H]2CC=CC[C@@H]2C(=O)O)cc1. The summed E-state index contributed by atoms with van der Waals surface area (Å²) in [4.78, 5) is 36.9. The Labute approximate surface area is 134 Å². The topological polar surface area (TPSA) is 86.7 Å². The highest BCUT2D eigenvalue weighted by atomic mass is 16.4. The molecule has 0 spiro atoms. The lowest BCUT2D eigenvalue weighted by Gasteiger charge is -2.24. The predicted octanol–water partition coefficient (Wildman–Crippen LogP) is 1.99. The summed E-state index contributed by atoms with van der Waals surface area (Å²) in [6, 6.07) is 6.55. The lowest BCUT2D eigenvalue weighted by Crippen LogP contribution is -2.34. The maximum atomic E-state index is 12.3. The number of hydrogen-bond donors (Lipinski definition) is 2. The second kappa shape index (κ2) is 7.09. The summed E-state index contributed by atoms with van der Waals surface area (Å²) in [7, 11) is 3.33. The van der Waals surface area contributed by atoms with Crippen LogP contribution in [0.1, 0.15) is 23.2 Å². The molecule has 1 aromatic rings. The van der Waals surface area contributed by atoms with Crippen LogP contribution in [-0.2, 0) is 9.59 Å². The molecule has 122 valence electrons. The van der Waals surface area contributed by atoms with Crippen LogP contribution in [-0.4, -0.2) is 41.9 Å². The minimum atomic E-state index is -0.957. The molecule has 1 aliphatic rings. The Morgan fingerprint density at radius 2 is 1.61 bits per heavy atom. The lowest BCUT2D eigenvalue weighted by molar-refractivity contribution is -0.146. The highest BCUT2D eigenvalue weighted by Crippen LogP contribution is 2.27. The van der Waals surface area contributed by atoms with Gasteiger partial charge < -0.3 is 15.3 Å². The van der Waals surface area contributed by atoms with Crippen molar-refractivity contribution in [1.29, 1.82) is 0 Å². The van der Waals surface area contributed by atoms with Crippen LogP contribution in [0.2, 0.25) is 0 Å². The normalized spacial score (nSPS) is 19.9. The van der Waals surface area contributed by atoms with Crippen molar-refractivity contribution in [2.75, 3.05) is 19.4 Å². The van der Waals surface area contributed by atoms with Crippen LogP contribution in [0.3, 0.4) is 0 Å². The zero-order valence-electron chi connectivity index (χ0n) is 13.2. The number of nitrogens with one attached hydrogen (secondary N) is 1. The number of rotatable bonds is 4. The molecule has 1 aromatic carbocycles. The first kappa shape index (κ1) is 16.7. The van der Waals surface area contributed by atoms with E-state index < -0.39 is 17.8 Å². The lowest BCUT2D eigenvalue weighted by atomic mass is 9.82. The highest BCUT2D eigenvalue weighted by molar-refractivity contribution is 5.97. The molecular weight excluding hydrogens is 296 g/mol. The first-order valence-corrected chi connectivity index (χ1v) is 7.40. The molecule has 6 nitrogen and oxygen atoms in total. The average Bonchev–Trinajstić information content (AvgIpc) is 2.54. The third kappa shape index (κ3) is 3.97. The first-order valence-electron chi connectivity index (χ1n) is 7.40. The average molecular weight is 316 g/mol. The second-order valence-corrected chi connectivity index (χ2v) is 5.76. The maximum Gasteiger partial charge on any atom is 0.307 e. The van der Waals surface area contributed by atoms with E-state index in [0.717, 1.165) is 0 Å². The number of hydrogen-bond acceptors (Lipinski definition) is 3. The Morgan fingerprint density at radius 1 is 1.04 bits per heavy atom. The van der Waals surface area contributed by atoms with Crippen molar-refractivity contribution in [2.45, 2.75) is 12.8 Å². The smallest absolute Gasteiger partial charge is 0.307 e. The van der Waals surface area contributed by atoms with Gasteiger partial charge in [-0.1, -0.05) is 12.2 Å². The molecule has 0 aromatic heterocycles. The minimum absolute atomic E-state index is 0.119. The van der Waals surface area contributed by atoms with Gasteiger partial charge in [0.25, 0.3) is 5.91 Å². The third-order valence-electron chi connectivity index (χ3n) is 3.89. The first-order chi connectivity index (χ1) is 10.9. The molecule has 2 N–H and O–H groups in total. The van der Waals surface area contributed by atoms with Gasteiger partial charge >= 0.3 is 5.97 Å². The molecule has 0 bridgehead atoms. The molecule has 2 amide bonds. The monoisotopic (exact) mass is 316 g/mol. The molecule has 0 aliphatic heterocycles. The summed E-state index contributed by atoms with van der Waals surface area (Å²) in [5.41, 5.74) is 1.07. The van der Waals surface area contributed by atoms with E-state index in [4.69, 9.17) is 0 Å². The number of benzene rings is 1. The van der Waals surface area contributed by atoms with Crippen molar-refractivity contribution in [3.05, 3.63) is 42.0 Å². The molecule has 23 heavy (non-hydrogen) atoms. The summed E-state index contributed by atoms with van der Waals surface area (Å²) in [5, 5.41) is 11.9. The quantitative estimate of drug-likeness (QED) is 0.832. The van der Waals surface area contributed by atoms with Gasteiger partial charge in [-0.3, -0.25) is 14.4 Å². The molecule has 1 aliphatic carbocycles. The summed E-state index contributed by atoms with van der Waals surface area (Å²) in [5.74, 6) is -2.67. The molecule has 2 rings (SSSR count). The van der Waals surface area contributed by atoms with Gasteiger partial charge in [0.2, 0.25) is 5.91 Å². The number of nitrogens with zero attached hydrogens (tertiary/aromatic N) is 1. The largest absolute Gasteiger partial charge is 0.481 e. The number of carboxylic acid groups (broad SMARTS) is 1. The minimum Gasteiger partial charge on any atom is -0.481 e. The fourth-order valence-electron chi connectivity index (χ4n) is 2.57. The van der Waals surface area contributed by atoms with Gasteiger partial charge in [0.15, 0.2) is 0 Å². The Bertz CT molecular complexity index is 634. The van der Waals surface area contributed by atoms with Crippen molar-refractivity contribution >= 4 is 23.5 Å². The Balaban J connectivity index is 2.06. The van der Waals surface area contributed by atoms with Crippen LogP contribution < -0.4 is 5.32 Å². The molecule has 0 radical (unpaired) electrons. The van der Waals surface area contributed by atoms with E-state index in [2.05, 4.69) is 5.32 Å². The number of aliphatic carboxylic acids is 1. The molecular formula is C17H20N2O4. The third-order valence-corrected chi connectivity index (χ3v) is 3.89. The number of anilines is 1. The van der Waals surface area contributed by atoms with Crippen LogP contribution in [0, 0.1) is 11.8 Å². The number of carboxylic acids is 1. The van der Waals surface area contributed by atoms with Gasteiger partial charge in [-0.2, -0.15) is 0 Å². The van der Waals surface area contributed by atoms with E-state index >= 15 is 0 Å². The van der Waals surface area contributed by atoms with Crippen LogP contribution in [0.4, 0.5) is 5.69 Å². The van der Waals surface area contributed by atoms with Gasteiger partial charge in [0, 0.05) is 25.3 Å². The fraction of sp³-hybridized carbons (Fsp3) is 0.353. The number of carbonyl (C=O) groups is 3. The fourth-order valence-corrected chi connectivity index (χ4v) is 2.57. The predicted molar refractivity (Wildman–Crippen MR) is 86.1 cm³/mol. The van der Waals surface area contributed by atoms with Crippen LogP contribution in [0.25, 0.3) is 0 Å². The van der Waals surface area contributed by atoms with Crippen molar-refractivity contribution < 1.29 is 19.5 Å². The van der Waals surface area contributed by atoms with Crippen molar-refractivity contribution in [1.82, 2.24) is 4.90 Å². The molecule has 0 saturated carbocycles. The Morgan fingerprint density at radius 3 is 2.13 bits per heavy atom. The molecule has 0 fully saturated rings. The van der Waals surface area contributed by atoms with E-state index in [9.17, 15) is 19.5 Å². The van der Waals surface area contributed by atoms with Crippen molar-refractivity contribution in [2.24, 2.45) is 11.8 Å². The van der Waals surface area contributed by atoms with Gasteiger partial charge in [-0.05, 0) is 37.1 Å². The van der Waals surface area contributed by atoms with Crippen LogP contribution in [0.15, 0.2) is 36.4 Å². The van der Waals surface area contributed by atoms with E-state index in [1.165, 1.54) is 4.90 Å². The van der Waals surface area contributed by atoms with Crippen LogP contribution >= 0.6 is 0 Å². The van der Waals surface area contributed by atoms with E-state index in [0.29, 0.717) is 24.1 Å². The Hall–Kier alpha value is -2.63. The molecule has 0 heterocycles. The number of amides is 2. The second-order valence-electron chi connectivity index (χ2n) is 5.76. The standard InChI is InChI=1S/C17H20N2O4/c1-19(2)16(21)11-7-9-12(10-8-11)18-15(20)13-5-3-4-6-14(13)17(22)23/h3-4,7-10,13-14H,5-6H2,1-2H3,(H,18,20)(H,22,23)/t13-,14-/m0/s1. The summed E-state index contributed by atoms with van der Waals surface area (Å²) in [6.45, 7) is 0. The van der Waals surface area contributed by atoms with Crippen molar-refractivity contribution in [3.63, 3.8) is 0 Å². The zero-order chi connectivity index (χ0) is 17.0. The number of allylic oxidation sites excluding steroid dienone is 2. The molecule has 0 saturated heterocycles. The molecule has 6 heteroatoms. The van der Waals surface area contributed by atoms with Gasteiger partial charge in [0.1, 0.15) is 0 Å². The summed E-state index contributed by atoms with van der Waals surface area (Å²) >= 11 is 0. The van der Waals surface area contributed by atoms with Gasteiger partial charge in [-0.15, -0.1) is 0 Å². The van der Waals surface area contributed by atoms with E-state index in [1.807, 2.05) is 6.08 Å². The van der Waals surface area contributed by atoms with E-state index in [-0.39, 0.29) is 11.8 Å². The number of carbonyl (C=O) groups excluding carboxylic acids is 2. The van der Waals surface area contributed by atoms with Crippen LogP contribution in [0.5, 0.6) is 0 Å². The van der Waals surface area contributed by atoms with E-state index in [1.54, 1.807) is 44.4 Å². The molecule has 0 unspecified atom stereocenters. The van der Waals surface area contributed by atoms with Gasteiger partial charge in [0.05, 0.1) is 11.8 Å². The maximum absolute atomic E-state index is 12.3. The Kier molecular flexibility index (Phi) is 5.16. The van der Waals surface area contributed by atoms with Crippen molar-refractivity contribution in [3.8, 4) is 0 Å². The van der Waals surface area contributed by atoms with Gasteiger partial charge in [-0.25, -0.2) is 0 Å². The molecule has 2 atom stereocenters. The zero-order valence-corrected chi connectivity index (χ0v) is 13.2.